The molecule has 2 aromatic rings. The highest BCUT2D eigenvalue weighted by molar-refractivity contribution is 9.10. The monoisotopic (exact) mass is 390 g/mol. The van der Waals surface area contributed by atoms with Crippen LogP contribution in [0.2, 0.25) is 0 Å². The van der Waals surface area contributed by atoms with Gasteiger partial charge in [-0.3, -0.25) is 9.59 Å². The van der Waals surface area contributed by atoms with Crippen molar-refractivity contribution in [3.8, 4) is 0 Å². The van der Waals surface area contributed by atoms with Gasteiger partial charge in [-0.15, -0.1) is 0 Å². The largest absolute Gasteiger partial charge is 0.462 e. The maximum absolute atomic E-state index is 12.0. The fourth-order valence-corrected chi connectivity index (χ4v) is 2.31. The van der Waals surface area contributed by atoms with E-state index < -0.39 is 17.8 Å². The number of rotatable bonds is 4. The number of hydrogen-bond donors (Lipinski definition) is 2. The van der Waals surface area contributed by atoms with Crippen molar-refractivity contribution >= 4 is 45.1 Å². The fraction of sp³-hybridized carbons (Fsp3) is 0.118. The average molecular weight is 391 g/mol. The molecule has 0 saturated heterocycles. The lowest BCUT2D eigenvalue weighted by Crippen LogP contribution is -2.29. The molecular formula is C17H15BrN2O4. The van der Waals surface area contributed by atoms with Gasteiger partial charge in [-0.25, -0.2) is 4.79 Å². The molecule has 0 aliphatic heterocycles. The molecule has 0 fully saturated rings. The molecule has 0 aromatic heterocycles. The van der Waals surface area contributed by atoms with Crippen LogP contribution >= 0.6 is 15.9 Å². The fourth-order valence-electron chi connectivity index (χ4n) is 1.91. The van der Waals surface area contributed by atoms with Crippen LogP contribution in [-0.4, -0.2) is 24.4 Å². The van der Waals surface area contributed by atoms with E-state index in [1.165, 1.54) is 12.1 Å². The Bertz CT molecular complexity index is 777. The summed E-state index contributed by atoms with van der Waals surface area (Å²) in [6, 6.07) is 13.2. The van der Waals surface area contributed by atoms with Crippen LogP contribution in [0.1, 0.15) is 17.3 Å². The van der Waals surface area contributed by atoms with E-state index >= 15 is 0 Å². The van der Waals surface area contributed by atoms with Gasteiger partial charge in [0.15, 0.2) is 0 Å². The van der Waals surface area contributed by atoms with Gasteiger partial charge in [-0.2, -0.15) is 0 Å². The minimum absolute atomic E-state index is 0.183. The lowest BCUT2D eigenvalue weighted by molar-refractivity contribution is -0.133. The first-order chi connectivity index (χ1) is 11.5. The van der Waals surface area contributed by atoms with Crippen LogP contribution < -0.4 is 10.6 Å². The smallest absolute Gasteiger partial charge is 0.340 e. The molecule has 0 aliphatic rings. The van der Waals surface area contributed by atoms with Gasteiger partial charge in [0.25, 0.3) is 0 Å². The van der Waals surface area contributed by atoms with Gasteiger partial charge in [0.2, 0.25) is 0 Å². The Morgan fingerprint density at radius 3 is 2.42 bits per heavy atom. The summed E-state index contributed by atoms with van der Waals surface area (Å²) in [5, 5.41) is 4.90. The molecule has 2 rings (SSSR count). The quantitative estimate of drug-likeness (QED) is 0.619. The Balaban J connectivity index is 2.09. The van der Waals surface area contributed by atoms with Gasteiger partial charge in [-0.1, -0.05) is 34.1 Å². The third kappa shape index (κ3) is 4.66. The summed E-state index contributed by atoms with van der Waals surface area (Å²) >= 11 is 3.28. The molecule has 124 valence electrons. The second-order valence-corrected chi connectivity index (χ2v) is 5.60. The van der Waals surface area contributed by atoms with E-state index in [2.05, 4.69) is 26.6 Å². The van der Waals surface area contributed by atoms with Crippen LogP contribution in [0.25, 0.3) is 0 Å². The zero-order valence-corrected chi connectivity index (χ0v) is 14.4. The molecule has 7 heteroatoms. The number of carbonyl (C=O) groups is 3. The average Bonchev–Trinajstić information content (AvgIpc) is 2.55. The lowest BCUT2D eigenvalue weighted by atomic mass is 10.2. The van der Waals surface area contributed by atoms with Gasteiger partial charge in [0.1, 0.15) is 0 Å². The van der Waals surface area contributed by atoms with Crippen molar-refractivity contribution in [3.63, 3.8) is 0 Å². The van der Waals surface area contributed by atoms with Crippen molar-refractivity contribution in [2.24, 2.45) is 0 Å². The molecule has 0 bridgehead atoms. The number of amides is 2. The van der Waals surface area contributed by atoms with Crippen LogP contribution in [0.4, 0.5) is 11.4 Å². The highest BCUT2D eigenvalue weighted by Gasteiger charge is 2.18. The summed E-state index contributed by atoms with van der Waals surface area (Å²) in [7, 11) is 0. The number of esters is 1. The first kappa shape index (κ1) is 17.7. The Hall–Kier alpha value is -2.67. The summed E-state index contributed by atoms with van der Waals surface area (Å²) in [6.45, 7) is 1.90. The van der Waals surface area contributed by atoms with Gasteiger partial charge in [0.05, 0.1) is 17.9 Å². The molecule has 6 nitrogen and oxygen atoms in total. The van der Waals surface area contributed by atoms with Crippen molar-refractivity contribution in [1.82, 2.24) is 0 Å². The number of carbonyl (C=O) groups excluding carboxylic acids is 3. The summed E-state index contributed by atoms with van der Waals surface area (Å²) < 4.78 is 5.70. The highest BCUT2D eigenvalue weighted by Crippen LogP contribution is 2.17. The van der Waals surface area contributed by atoms with Gasteiger partial charge in [0, 0.05) is 10.2 Å². The molecule has 24 heavy (non-hydrogen) atoms. The maximum atomic E-state index is 12.0. The lowest BCUT2D eigenvalue weighted by Gasteiger charge is -2.10. The second kappa shape index (κ2) is 8.26. The van der Waals surface area contributed by atoms with Crippen LogP contribution in [0, 0.1) is 0 Å². The van der Waals surface area contributed by atoms with Crippen molar-refractivity contribution < 1.29 is 19.1 Å². The van der Waals surface area contributed by atoms with Crippen LogP contribution in [-0.2, 0) is 14.3 Å². The minimum Gasteiger partial charge on any atom is -0.462 e. The molecule has 0 heterocycles. The van der Waals surface area contributed by atoms with Gasteiger partial charge in [-0.05, 0) is 37.3 Å². The Morgan fingerprint density at radius 2 is 1.71 bits per heavy atom. The molecule has 0 radical (unpaired) electrons. The highest BCUT2D eigenvalue weighted by atomic mass is 79.9. The minimum atomic E-state index is -0.883. The second-order valence-electron chi connectivity index (χ2n) is 4.68. The standard InChI is InChI=1S/C17H15BrN2O4/c1-2-24-17(23)13-8-3-4-9-14(13)20-16(22)15(21)19-12-7-5-6-11(18)10-12/h3-10H,2H2,1H3,(H,19,21)(H,20,22). The van der Waals surface area contributed by atoms with Crippen LogP contribution in [0.3, 0.4) is 0 Å². The molecular weight excluding hydrogens is 376 g/mol. The molecule has 2 N–H and O–H groups in total. The van der Waals surface area contributed by atoms with E-state index in [4.69, 9.17) is 4.74 Å². The normalized spacial score (nSPS) is 9.92. The number of anilines is 2. The van der Waals surface area contributed by atoms with Crippen molar-refractivity contribution in [1.29, 1.82) is 0 Å². The van der Waals surface area contributed by atoms with E-state index in [0.29, 0.717) is 5.69 Å². The van der Waals surface area contributed by atoms with E-state index in [1.54, 1.807) is 43.3 Å². The first-order valence-electron chi connectivity index (χ1n) is 7.15. The van der Waals surface area contributed by atoms with Crippen molar-refractivity contribution in [2.75, 3.05) is 17.2 Å². The number of hydrogen-bond acceptors (Lipinski definition) is 4. The van der Waals surface area contributed by atoms with E-state index in [1.807, 2.05) is 0 Å². The van der Waals surface area contributed by atoms with Crippen molar-refractivity contribution in [3.05, 3.63) is 58.6 Å². The van der Waals surface area contributed by atoms with Crippen LogP contribution in [0.15, 0.2) is 53.0 Å². The summed E-state index contributed by atoms with van der Waals surface area (Å²) in [6.07, 6.45) is 0. The van der Waals surface area contributed by atoms with Crippen molar-refractivity contribution in [2.45, 2.75) is 6.92 Å². The number of para-hydroxylation sites is 1. The predicted molar refractivity (Wildman–Crippen MR) is 93.8 cm³/mol. The Kier molecular flexibility index (Phi) is 6.08. The summed E-state index contributed by atoms with van der Waals surface area (Å²) in [5.74, 6) is -2.29. The number of halogens is 1. The molecule has 0 spiro atoms. The zero-order valence-electron chi connectivity index (χ0n) is 12.8. The predicted octanol–water partition coefficient (Wildman–Crippen LogP) is 3.20. The third-order valence-corrected chi connectivity index (χ3v) is 3.45. The number of ether oxygens (including phenoxy) is 1. The van der Waals surface area contributed by atoms with Gasteiger partial charge >= 0.3 is 17.8 Å². The summed E-state index contributed by atoms with van der Waals surface area (Å²) in [5.41, 5.74) is 0.872. The zero-order chi connectivity index (χ0) is 17.5. The maximum Gasteiger partial charge on any atom is 0.340 e. The molecule has 0 atom stereocenters. The van der Waals surface area contributed by atoms with E-state index in [-0.39, 0.29) is 17.9 Å². The number of nitrogens with one attached hydrogen (secondary N) is 2. The topological polar surface area (TPSA) is 84.5 Å². The summed E-state index contributed by atoms with van der Waals surface area (Å²) in [4.78, 5) is 35.9. The van der Waals surface area contributed by atoms with Crippen LogP contribution in [0.5, 0.6) is 0 Å². The molecule has 2 aromatic carbocycles. The third-order valence-electron chi connectivity index (χ3n) is 2.96. The SMILES string of the molecule is CCOC(=O)c1ccccc1NC(=O)C(=O)Nc1cccc(Br)c1. The van der Waals surface area contributed by atoms with E-state index in [0.717, 1.165) is 4.47 Å². The molecule has 0 aliphatic carbocycles. The molecule has 2 amide bonds. The number of benzene rings is 2. The van der Waals surface area contributed by atoms with Gasteiger partial charge < -0.3 is 15.4 Å². The Morgan fingerprint density at radius 1 is 1.00 bits per heavy atom. The molecule has 0 unspecified atom stereocenters. The van der Waals surface area contributed by atoms with E-state index in [9.17, 15) is 14.4 Å². The Labute approximate surface area is 147 Å². The first-order valence-corrected chi connectivity index (χ1v) is 7.94. The molecule has 0 saturated carbocycles.